The lowest BCUT2D eigenvalue weighted by Gasteiger charge is -2.34. The molecule has 3 aromatic rings. The van der Waals surface area contributed by atoms with Crippen LogP contribution in [0.25, 0.3) is 0 Å². The Morgan fingerprint density at radius 3 is 2.45 bits per heavy atom. The molecule has 6 nitrogen and oxygen atoms in total. The van der Waals surface area contributed by atoms with Gasteiger partial charge in [-0.15, -0.1) is 0 Å². The smallest absolute Gasteiger partial charge is 0.232 e. The lowest BCUT2D eigenvalue weighted by Crippen LogP contribution is -2.41. The van der Waals surface area contributed by atoms with E-state index in [1.54, 1.807) is 12.1 Å². The standard InChI is InChI=1S/C32H39FN6S/c1-23-7-6-17-38(20-23)28-19-29(39-18-14-24-8-2-3-9-25(24)21-39)36-30(35-28)37-31(40)34-22-32(15-4-5-16-32)26-10-12-27(33)13-11-26/h2-3,8-13,19,23H,4-7,14-18,20-22H2,1H3,(H2,34,35,36,37,40)/t23-/m0/s1. The van der Waals surface area contributed by atoms with E-state index in [-0.39, 0.29) is 11.2 Å². The number of rotatable bonds is 6. The number of hydrogen-bond acceptors (Lipinski definition) is 5. The molecule has 0 unspecified atom stereocenters. The predicted octanol–water partition coefficient (Wildman–Crippen LogP) is 6.21. The molecule has 40 heavy (non-hydrogen) atoms. The van der Waals surface area contributed by atoms with Crippen molar-refractivity contribution in [3.05, 3.63) is 77.1 Å². The minimum Gasteiger partial charge on any atom is -0.361 e. The lowest BCUT2D eigenvalue weighted by molar-refractivity contribution is 0.434. The molecule has 0 radical (unpaired) electrons. The summed E-state index contributed by atoms with van der Waals surface area (Å²) < 4.78 is 13.6. The monoisotopic (exact) mass is 558 g/mol. The van der Waals surface area contributed by atoms with Gasteiger partial charge in [-0.05, 0) is 79.1 Å². The topological polar surface area (TPSA) is 56.3 Å². The van der Waals surface area contributed by atoms with Crippen LogP contribution >= 0.6 is 12.2 Å². The lowest BCUT2D eigenvalue weighted by atomic mass is 9.79. The van der Waals surface area contributed by atoms with Gasteiger partial charge in [-0.1, -0.05) is 56.2 Å². The molecule has 1 saturated carbocycles. The van der Waals surface area contributed by atoms with Crippen molar-refractivity contribution >= 4 is 34.9 Å². The minimum atomic E-state index is -0.199. The van der Waals surface area contributed by atoms with E-state index >= 15 is 0 Å². The molecule has 2 fully saturated rings. The molecule has 1 aromatic heterocycles. The molecule has 2 aromatic carbocycles. The van der Waals surface area contributed by atoms with Gasteiger partial charge in [-0.25, -0.2) is 4.39 Å². The van der Waals surface area contributed by atoms with Crippen LogP contribution in [0.5, 0.6) is 0 Å². The summed E-state index contributed by atoms with van der Waals surface area (Å²) in [6, 6.07) is 17.8. The number of aromatic nitrogens is 2. The van der Waals surface area contributed by atoms with Crippen LogP contribution in [0.4, 0.5) is 22.0 Å². The molecule has 0 bridgehead atoms. The summed E-state index contributed by atoms with van der Waals surface area (Å²) in [5, 5.41) is 7.30. The van der Waals surface area contributed by atoms with Gasteiger partial charge >= 0.3 is 0 Å². The highest BCUT2D eigenvalue weighted by molar-refractivity contribution is 7.80. The quantitative estimate of drug-likeness (QED) is 0.349. The fourth-order valence-electron chi connectivity index (χ4n) is 6.71. The summed E-state index contributed by atoms with van der Waals surface area (Å²) in [5.41, 5.74) is 3.91. The summed E-state index contributed by atoms with van der Waals surface area (Å²) >= 11 is 5.77. The second-order valence-electron chi connectivity index (χ2n) is 11.8. The van der Waals surface area contributed by atoms with E-state index < -0.39 is 0 Å². The van der Waals surface area contributed by atoms with Gasteiger partial charge in [0, 0.05) is 44.2 Å². The summed E-state index contributed by atoms with van der Waals surface area (Å²) in [6.07, 6.45) is 7.90. The van der Waals surface area contributed by atoms with E-state index in [0.717, 1.165) is 57.1 Å². The first-order valence-electron chi connectivity index (χ1n) is 14.7. The first-order chi connectivity index (χ1) is 19.5. The third kappa shape index (κ3) is 5.92. The Bertz CT molecular complexity index is 1340. The van der Waals surface area contributed by atoms with E-state index in [4.69, 9.17) is 22.2 Å². The minimum absolute atomic E-state index is 0.0432. The highest BCUT2D eigenvalue weighted by Gasteiger charge is 2.35. The maximum Gasteiger partial charge on any atom is 0.232 e. The summed E-state index contributed by atoms with van der Waals surface area (Å²) in [4.78, 5) is 14.6. The zero-order valence-corrected chi connectivity index (χ0v) is 24.2. The molecule has 0 amide bonds. The molecule has 3 heterocycles. The zero-order chi connectivity index (χ0) is 27.5. The maximum absolute atomic E-state index is 13.6. The van der Waals surface area contributed by atoms with Gasteiger partial charge in [0.1, 0.15) is 17.5 Å². The Balaban J connectivity index is 1.21. The predicted molar refractivity (Wildman–Crippen MR) is 165 cm³/mol. The SMILES string of the molecule is C[C@H]1CCCN(c2cc(N3CCc4ccccc4C3)nc(NC(=S)NCC3(c4ccc(F)cc4)CCCC3)n2)C1. The fraction of sp³-hybridized carbons (Fsp3) is 0.469. The molecule has 1 atom stereocenters. The Kier molecular flexibility index (Phi) is 7.87. The van der Waals surface area contributed by atoms with E-state index in [1.807, 2.05) is 12.1 Å². The number of halogens is 1. The van der Waals surface area contributed by atoms with Gasteiger partial charge in [0.25, 0.3) is 0 Å². The van der Waals surface area contributed by atoms with E-state index in [2.05, 4.69) is 57.7 Å². The van der Waals surface area contributed by atoms with Crippen molar-refractivity contribution in [2.45, 2.75) is 63.8 Å². The Hall–Kier alpha value is -3.26. The van der Waals surface area contributed by atoms with Crippen LogP contribution in [-0.2, 0) is 18.4 Å². The van der Waals surface area contributed by atoms with E-state index in [9.17, 15) is 4.39 Å². The molecule has 1 aliphatic carbocycles. The van der Waals surface area contributed by atoms with Crippen molar-refractivity contribution in [3.8, 4) is 0 Å². The fourth-order valence-corrected chi connectivity index (χ4v) is 6.87. The van der Waals surface area contributed by atoms with Gasteiger partial charge in [0.05, 0.1) is 0 Å². The molecule has 1 saturated heterocycles. The van der Waals surface area contributed by atoms with Crippen LogP contribution in [0.15, 0.2) is 54.6 Å². The molecule has 2 aliphatic heterocycles. The third-order valence-corrected chi connectivity index (χ3v) is 9.21. The molecular weight excluding hydrogens is 519 g/mol. The van der Waals surface area contributed by atoms with Crippen LogP contribution in [0.2, 0.25) is 0 Å². The normalized spacial score (nSPS) is 20.2. The number of nitrogens with zero attached hydrogens (tertiary/aromatic N) is 4. The van der Waals surface area contributed by atoms with E-state index in [0.29, 0.717) is 23.5 Å². The Morgan fingerprint density at radius 2 is 1.70 bits per heavy atom. The van der Waals surface area contributed by atoms with Gasteiger partial charge in [-0.2, -0.15) is 9.97 Å². The second-order valence-corrected chi connectivity index (χ2v) is 12.3. The number of thiocarbonyl (C=S) groups is 1. The highest BCUT2D eigenvalue weighted by Crippen LogP contribution is 2.40. The number of anilines is 3. The number of fused-ring (bicyclic) bond motifs is 1. The van der Waals surface area contributed by atoms with Crippen molar-refractivity contribution < 1.29 is 4.39 Å². The van der Waals surface area contributed by atoms with Gasteiger partial charge < -0.3 is 20.4 Å². The average molecular weight is 559 g/mol. The first kappa shape index (κ1) is 26.9. The molecule has 210 valence electrons. The zero-order valence-electron chi connectivity index (χ0n) is 23.3. The number of hydrogen-bond donors (Lipinski definition) is 2. The van der Waals surface area contributed by atoms with Crippen molar-refractivity contribution in [1.82, 2.24) is 15.3 Å². The van der Waals surface area contributed by atoms with Crippen LogP contribution in [0.1, 0.15) is 62.1 Å². The van der Waals surface area contributed by atoms with Crippen LogP contribution in [0.3, 0.4) is 0 Å². The highest BCUT2D eigenvalue weighted by atomic mass is 32.1. The average Bonchev–Trinajstić information content (AvgIpc) is 3.46. The molecule has 8 heteroatoms. The number of piperidine rings is 1. The first-order valence-corrected chi connectivity index (χ1v) is 15.1. The molecule has 3 aliphatic rings. The molecule has 6 rings (SSSR count). The van der Waals surface area contributed by atoms with Gasteiger partial charge in [0.2, 0.25) is 5.95 Å². The van der Waals surface area contributed by atoms with Gasteiger partial charge in [0.15, 0.2) is 5.11 Å². The summed E-state index contributed by atoms with van der Waals surface area (Å²) in [5.74, 6) is 2.86. The van der Waals surface area contributed by atoms with Crippen molar-refractivity contribution in [3.63, 3.8) is 0 Å². The summed E-state index contributed by atoms with van der Waals surface area (Å²) in [6.45, 7) is 6.78. The number of benzene rings is 2. The van der Waals surface area contributed by atoms with Crippen molar-refractivity contribution in [2.24, 2.45) is 5.92 Å². The van der Waals surface area contributed by atoms with Crippen LogP contribution in [0, 0.1) is 11.7 Å². The Labute approximate surface area is 242 Å². The molecule has 2 N–H and O–H groups in total. The molecular formula is C32H39FN6S. The van der Waals surface area contributed by atoms with Crippen molar-refractivity contribution in [1.29, 1.82) is 0 Å². The van der Waals surface area contributed by atoms with Crippen LogP contribution < -0.4 is 20.4 Å². The second kappa shape index (κ2) is 11.7. The maximum atomic E-state index is 13.6. The Morgan fingerprint density at radius 1 is 0.975 bits per heavy atom. The van der Waals surface area contributed by atoms with Crippen LogP contribution in [-0.4, -0.2) is 41.3 Å². The third-order valence-electron chi connectivity index (χ3n) is 8.96. The molecule has 0 spiro atoms. The number of nitrogens with one attached hydrogen (secondary N) is 2. The largest absolute Gasteiger partial charge is 0.361 e. The van der Waals surface area contributed by atoms with E-state index in [1.165, 1.54) is 42.4 Å². The summed E-state index contributed by atoms with van der Waals surface area (Å²) in [7, 11) is 0. The van der Waals surface area contributed by atoms with Gasteiger partial charge in [-0.3, -0.25) is 0 Å². The van der Waals surface area contributed by atoms with Crippen molar-refractivity contribution in [2.75, 3.05) is 41.3 Å².